The van der Waals surface area contributed by atoms with Crippen LogP contribution in [-0.2, 0) is 4.79 Å². The van der Waals surface area contributed by atoms with E-state index in [-0.39, 0.29) is 12.2 Å². The molecule has 0 radical (unpaired) electrons. The number of aliphatic carboxylic acids is 1. The zero-order valence-corrected chi connectivity index (χ0v) is 11.7. The van der Waals surface area contributed by atoms with E-state index in [1.165, 1.54) is 0 Å². The normalized spacial score (nSPS) is 11.7. The van der Waals surface area contributed by atoms with E-state index in [0.29, 0.717) is 17.1 Å². The van der Waals surface area contributed by atoms with Crippen LogP contribution in [0.4, 0.5) is 0 Å². The van der Waals surface area contributed by atoms with E-state index in [9.17, 15) is 9.59 Å². The minimum atomic E-state index is -0.979. The van der Waals surface area contributed by atoms with E-state index in [1.54, 1.807) is 31.2 Å². The lowest BCUT2D eigenvalue weighted by Crippen LogP contribution is -2.15. The summed E-state index contributed by atoms with van der Waals surface area (Å²) < 4.78 is 5.66. The highest BCUT2D eigenvalue weighted by molar-refractivity contribution is 5.99. The minimum Gasteiger partial charge on any atom is -0.481 e. The lowest BCUT2D eigenvalue weighted by atomic mass is 9.96. The van der Waals surface area contributed by atoms with Gasteiger partial charge < -0.3 is 9.84 Å². The number of hydrogen-bond donors (Lipinski definition) is 1. The summed E-state index contributed by atoms with van der Waals surface area (Å²) in [6, 6.07) is 16.0. The summed E-state index contributed by atoms with van der Waals surface area (Å²) in [5.74, 6) is -0.506. The Bertz CT molecular complexity index is 634. The van der Waals surface area contributed by atoms with Crippen molar-refractivity contribution in [1.82, 2.24) is 0 Å². The fourth-order valence-electron chi connectivity index (χ4n) is 1.98. The van der Waals surface area contributed by atoms with Crippen LogP contribution in [0, 0.1) is 5.92 Å². The van der Waals surface area contributed by atoms with Crippen molar-refractivity contribution >= 4 is 11.8 Å². The second-order valence-electron chi connectivity index (χ2n) is 4.81. The van der Waals surface area contributed by atoms with Crippen LogP contribution in [-0.4, -0.2) is 16.9 Å². The Morgan fingerprint density at radius 3 is 2.38 bits per heavy atom. The number of Topliss-reactive ketones (excluding diaryl/α,β-unsaturated/α-hetero) is 1. The molecule has 0 heterocycles. The van der Waals surface area contributed by atoms with Crippen LogP contribution in [0.2, 0.25) is 0 Å². The number of ether oxygens (including phenoxy) is 1. The van der Waals surface area contributed by atoms with Crippen LogP contribution in [0.15, 0.2) is 54.6 Å². The number of para-hydroxylation sites is 1. The zero-order chi connectivity index (χ0) is 15.2. The van der Waals surface area contributed by atoms with Crippen LogP contribution >= 0.6 is 0 Å². The smallest absolute Gasteiger partial charge is 0.304 e. The SMILES string of the molecule is CC(CC(=O)O)C(=O)c1cccc(Oc2ccccc2)c1. The highest BCUT2D eigenvalue weighted by Crippen LogP contribution is 2.23. The van der Waals surface area contributed by atoms with Crippen LogP contribution in [0.5, 0.6) is 11.5 Å². The first-order valence-electron chi connectivity index (χ1n) is 6.65. The van der Waals surface area contributed by atoms with Gasteiger partial charge in [-0.1, -0.05) is 37.3 Å². The molecule has 0 aliphatic heterocycles. The van der Waals surface area contributed by atoms with Gasteiger partial charge >= 0.3 is 5.97 Å². The molecular formula is C17H16O4. The molecule has 0 aromatic heterocycles. The molecule has 1 N–H and O–H groups in total. The monoisotopic (exact) mass is 284 g/mol. The number of benzene rings is 2. The highest BCUT2D eigenvalue weighted by Gasteiger charge is 2.18. The number of carbonyl (C=O) groups excluding carboxylic acids is 1. The fourth-order valence-corrected chi connectivity index (χ4v) is 1.98. The maximum atomic E-state index is 12.2. The molecule has 0 saturated heterocycles. The number of rotatable bonds is 6. The van der Waals surface area contributed by atoms with Crippen molar-refractivity contribution in [2.45, 2.75) is 13.3 Å². The van der Waals surface area contributed by atoms with E-state index in [2.05, 4.69) is 0 Å². The predicted molar refractivity (Wildman–Crippen MR) is 78.7 cm³/mol. The van der Waals surface area contributed by atoms with E-state index < -0.39 is 11.9 Å². The Hall–Kier alpha value is -2.62. The molecule has 0 aliphatic carbocycles. The van der Waals surface area contributed by atoms with Crippen LogP contribution < -0.4 is 4.74 Å². The molecule has 0 aliphatic rings. The molecule has 0 spiro atoms. The van der Waals surface area contributed by atoms with Crippen LogP contribution in [0.25, 0.3) is 0 Å². The van der Waals surface area contributed by atoms with Gasteiger partial charge in [-0.15, -0.1) is 0 Å². The van der Waals surface area contributed by atoms with Crippen LogP contribution in [0.1, 0.15) is 23.7 Å². The standard InChI is InChI=1S/C17H16O4/c1-12(10-16(18)19)17(20)13-6-5-9-15(11-13)21-14-7-3-2-4-8-14/h2-9,11-12H,10H2,1H3,(H,18,19). The van der Waals surface area contributed by atoms with Gasteiger partial charge in [0.05, 0.1) is 6.42 Å². The molecule has 2 aromatic rings. The van der Waals surface area contributed by atoms with Crippen molar-refractivity contribution < 1.29 is 19.4 Å². The Labute approximate surface area is 123 Å². The van der Waals surface area contributed by atoms with E-state index in [1.807, 2.05) is 30.3 Å². The van der Waals surface area contributed by atoms with E-state index >= 15 is 0 Å². The molecule has 21 heavy (non-hydrogen) atoms. The van der Waals surface area contributed by atoms with Gasteiger partial charge in [0.25, 0.3) is 0 Å². The van der Waals surface area contributed by atoms with Crippen LogP contribution in [0.3, 0.4) is 0 Å². The van der Waals surface area contributed by atoms with Crippen molar-refractivity contribution in [3.8, 4) is 11.5 Å². The fraction of sp³-hybridized carbons (Fsp3) is 0.176. The molecular weight excluding hydrogens is 268 g/mol. The second kappa shape index (κ2) is 6.70. The third kappa shape index (κ3) is 4.18. The number of hydrogen-bond acceptors (Lipinski definition) is 3. The molecule has 4 nitrogen and oxygen atoms in total. The average molecular weight is 284 g/mol. The van der Waals surface area contributed by atoms with Gasteiger partial charge in [0.15, 0.2) is 5.78 Å². The van der Waals surface area contributed by atoms with Gasteiger partial charge in [-0.3, -0.25) is 9.59 Å². The Balaban J connectivity index is 2.14. The van der Waals surface area contributed by atoms with Gasteiger partial charge in [-0.2, -0.15) is 0 Å². The first-order chi connectivity index (χ1) is 10.1. The Morgan fingerprint density at radius 2 is 1.71 bits per heavy atom. The first-order valence-corrected chi connectivity index (χ1v) is 6.65. The highest BCUT2D eigenvalue weighted by atomic mass is 16.5. The quantitative estimate of drug-likeness (QED) is 0.820. The largest absolute Gasteiger partial charge is 0.481 e. The van der Waals surface area contributed by atoms with Gasteiger partial charge in [0, 0.05) is 11.5 Å². The van der Waals surface area contributed by atoms with Crippen molar-refractivity contribution in [3.63, 3.8) is 0 Å². The molecule has 0 amide bonds. The summed E-state index contributed by atoms with van der Waals surface area (Å²) >= 11 is 0. The van der Waals surface area contributed by atoms with Crippen molar-refractivity contribution in [1.29, 1.82) is 0 Å². The average Bonchev–Trinajstić information content (AvgIpc) is 2.47. The molecule has 0 saturated carbocycles. The number of carboxylic acid groups (broad SMARTS) is 1. The van der Waals surface area contributed by atoms with Gasteiger partial charge in [0.1, 0.15) is 11.5 Å². The third-order valence-electron chi connectivity index (χ3n) is 3.03. The molecule has 108 valence electrons. The van der Waals surface area contributed by atoms with E-state index in [4.69, 9.17) is 9.84 Å². The maximum Gasteiger partial charge on any atom is 0.304 e. The summed E-state index contributed by atoms with van der Waals surface area (Å²) in [6.07, 6.45) is -0.178. The first kappa shape index (κ1) is 14.8. The molecule has 2 aromatic carbocycles. The molecule has 0 fully saturated rings. The van der Waals surface area contributed by atoms with Crippen molar-refractivity contribution in [2.24, 2.45) is 5.92 Å². The summed E-state index contributed by atoms with van der Waals surface area (Å²) in [5, 5.41) is 8.75. The summed E-state index contributed by atoms with van der Waals surface area (Å²) in [4.78, 5) is 22.8. The van der Waals surface area contributed by atoms with Crippen molar-refractivity contribution in [2.75, 3.05) is 0 Å². The summed E-state index contributed by atoms with van der Waals surface area (Å²) in [5.41, 5.74) is 0.456. The second-order valence-corrected chi connectivity index (χ2v) is 4.81. The number of carbonyl (C=O) groups is 2. The Kier molecular flexibility index (Phi) is 4.72. The molecule has 1 unspecified atom stereocenters. The van der Waals surface area contributed by atoms with Gasteiger partial charge in [-0.05, 0) is 24.3 Å². The lowest BCUT2D eigenvalue weighted by Gasteiger charge is -2.10. The zero-order valence-electron chi connectivity index (χ0n) is 11.7. The molecule has 0 bridgehead atoms. The molecule has 4 heteroatoms. The third-order valence-corrected chi connectivity index (χ3v) is 3.03. The Morgan fingerprint density at radius 1 is 1.05 bits per heavy atom. The topological polar surface area (TPSA) is 63.6 Å². The summed E-state index contributed by atoms with van der Waals surface area (Å²) in [6.45, 7) is 1.61. The maximum absolute atomic E-state index is 12.2. The van der Waals surface area contributed by atoms with Gasteiger partial charge in [0.2, 0.25) is 0 Å². The van der Waals surface area contributed by atoms with Gasteiger partial charge in [-0.25, -0.2) is 0 Å². The molecule has 2 rings (SSSR count). The number of carboxylic acids is 1. The van der Waals surface area contributed by atoms with Crippen molar-refractivity contribution in [3.05, 3.63) is 60.2 Å². The van der Waals surface area contributed by atoms with E-state index in [0.717, 1.165) is 0 Å². The number of ketones is 1. The summed E-state index contributed by atoms with van der Waals surface area (Å²) in [7, 11) is 0. The minimum absolute atomic E-state index is 0.178. The molecule has 1 atom stereocenters. The predicted octanol–water partition coefficient (Wildman–Crippen LogP) is 3.77. The lowest BCUT2D eigenvalue weighted by molar-refractivity contribution is -0.137.